The van der Waals surface area contributed by atoms with E-state index in [1.165, 1.54) is 0 Å². The fourth-order valence-electron chi connectivity index (χ4n) is 3.12. The van der Waals surface area contributed by atoms with Crippen molar-refractivity contribution >= 4 is 33.5 Å². The molecule has 2 heterocycles. The highest BCUT2D eigenvalue weighted by Crippen LogP contribution is 2.38. The van der Waals surface area contributed by atoms with Crippen molar-refractivity contribution in [3.63, 3.8) is 0 Å². The molecule has 128 valence electrons. The third-order valence-corrected chi connectivity index (χ3v) is 4.44. The van der Waals surface area contributed by atoms with E-state index in [9.17, 15) is 9.59 Å². The Balaban J connectivity index is 2.05. The van der Waals surface area contributed by atoms with Gasteiger partial charge in [0.25, 0.3) is 5.24 Å². The van der Waals surface area contributed by atoms with Gasteiger partial charge in [-0.3, -0.25) is 9.59 Å². The molecule has 2 aromatic carbocycles. The summed E-state index contributed by atoms with van der Waals surface area (Å²) in [5.41, 5.74) is 3.49. The Kier molecular flexibility index (Phi) is 3.93. The molecule has 0 atom stereocenters. The maximum Gasteiger partial charge on any atom is 0.293 e. The number of nitrogens with zero attached hydrogens (tertiary/aromatic N) is 1. The van der Waals surface area contributed by atoms with E-state index < -0.39 is 11.0 Å². The van der Waals surface area contributed by atoms with Crippen molar-refractivity contribution in [3.05, 3.63) is 65.9 Å². The number of nitrogens with one attached hydrogen (secondary N) is 1. The van der Waals surface area contributed by atoms with Gasteiger partial charge in [-0.1, -0.05) is 53.7 Å². The highest BCUT2D eigenvalue weighted by atomic mass is 35.5. The molecule has 0 saturated carbocycles. The molecular formula is C20H13ClN2O3. The largest absolute Gasteiger partial charge is 0.360 e. The van der Waals surface area contributed by atoms with E-state index in [0.717, 1.165) is 11.1 Å². The molecule has 0 spiro atoms. The molecule has 6 heteroatoms. The summed E-state index contributed by atoms with van der Waals surface area (Å²) in [5.74, 6) is -0.231. The first-order valence-corrected chi connectivity index (χ1v) is 8.32. The predicted octanol–water partition coefficient (Wildman–Crippen LogP) is 4.75. The minimum Gasteiger partial charge on any atom is -0.360 e. The maximum absolute atomic E-state index is 12.5. The highest BCUT2D eigenvalue weighted by Gasteiger charge is 2.28. The number of rotatable bonds is 4. The average Bonchev–Trinajstić information content (AvgIpc) is 3.21. The number of benzene rings is 2. The summed E-state index contributed by atoms with van der Waals surface area (Å²) in [6.07, 6.45) is 0. The minimum atomic E-state index is -1.04. The van der Waals surface area contributed by atoms with Gasteiger partial charge in [0.1, 0.15) is 11.5 Å². The number of aryl methyl sites for hydroxylation is 1. The van der Waals surface area contributed by atoms with Crippen LogP contribution in [0.5, 0.6) is 0 Å². The van der Waals surface area contributed by atoms with E-state index in [2.05, 4.69) is 10.1 Å². The van der Waals surface area contributed by atoms with Gasteiger partial charge >= 0.3 is 0 Å². The first-order chi connectivity index (χ1) is 12.6. The first kappa shape index (κ1) is 16.3. The van der Waals surface area contributed by atoms with E-state index in [0.29, 0.717) is 28.1 Å². The van der Waals surface area contributed by atoms with E-state index in [1.807, 2.05) is 42.5 Å². The molecule has 4 aromatic rings. The number of para-hydroxylation sites is 1. The van der Waals surface area contributed by atoms with Crippen LogP contribution in [-0.2, 0) is 4.79 Å². The summed E-state index contributed by atoms with van der Waals surface area (Å²) in [4.78, 5) is 27.4. The lowest BCUT2D eigenvalue weighted by Gasteiger charge is -2.04. The Morgan fingerprint density at radius 1 is 1.04 bits per heavy atom. The molecule has 0 radical (unpaired) electrons. The SMILES string of the molecule is Cc1onc(-c2ccccc2)c1-c1[nH]c2ccccc2c1C(=O)C(=O)Cl. The number of Topliss-reactive ketones (excluding diaryl/α,β-unsaturated/α-hetero) is 1. The van der Waals surface area contributed by atoms with Crippen molar-refractivity contribution in [3.8, 4) is 22.5 Å². The van der Waals surface area contributed by atoms with Gasteiger partial charge in [0.05, 0.1) is 16.8 Å². The Hall–Kier alpha value is -3.18. The zero-order chi connectivity index (χ0) is 18.3. The van der Waals surface area contributed by atoms with Gasteiger partial charge in [-0.25, -0.2) is 0 Å². The summed E-state index contributed by atoms with van der Waals surface area (Å²) >= 11 is 5.51. The molecule has 0 aliphatic heterocycles. The van der Waals surface area contributed by atoms with Gasteiger partial charge in [-0.05, 0) is 24.6 Å². The van der Waals surface area contributed by atoms with E-state index in [4.69, 9.17) is 16.1 Å². The van der Waals surface area contributed by atoms with Crippen LogP contribution in [0.4, 0.5) is 0 Å². The maximum atomic E-state index is 12.5. The number of hydrogen-bond acceptors (Lipinski definition) is 4. The van der Waals surface area contributed by atoms with Crippen LogP contribution in [0, 0.1) is 6.92 Å². The lowest BCUT2D eigenvalue weighted by atomic mass is 9.98. The normalized spacial score (nSPS) is 11.0. The van der Waals surface area contributed by atoms with Crippen molar-refractivity contribution < 1.29 is 14.1 Å². The molecule has 0 fully saturated rings. The number of H-pyrrole nitrogens is 1. The molecular weight excluding hydrogens is 352 g/mol. The van der Waals surface area contributed by atoms with Crippen LogP contribution >= 0.6 is 11.6 Å². The zero-order valence-electron chi connectivity index (χ0n) is 13.7. The number of ketones is 1. The van der Waals surface area contributed by atoms with Gasteiger partial charge in [0.2, 0.25) is 5.78 Å². The topological polar surface area (TPSA) is 76.0 Å². The first-order valence-electron chi connectivity index (χ1n) is 7.95. The molecule has 0 bridgehead atoms. The van der Waals surface area contributed by atoms with Crippen molar-refractivity contribution in [1.29, 1.82) is 0 Å². The van der Waals surface area contributed by atoms with Crippen LogP contribution in [-0.4, -0.2) is 21.2 Å². The second-order valence-corrected chi connectivity index (χ2v) is 6.20. The van der Waals surface area contributed by atoms with Crippen molar-refractivity contribution in [1.82, 2.24) is 10.1 Å². The predicted molar refractivity (Wildman–Crippen MR) is 99.2 cm³/mol. The molecule has 5 nitrogen and oxygen atoms in total. The van der Waals surface area contributed by atoms with E-state index >= 15 is 0 Å². The number of aromatic amines is 1. The molecule has 0 saturated heterocycles. The number of carbonyl (C=O) groups excluding carboxylic acids is 2. The minimum absolute atomic E-state index is 0.226. The number of hydrogen-bond donors (Lipinski definition) is 1. The molecule has 0 aliphatic rings. The fraction of sp³-hybridized carbons (Fsp3) is 0.0500. The number of fused-ring (bicyclic) bond motifs is 1. The number of aromatic nitrogens is 2. The summed E-state index contributed by atoms with van der Waals surface area (Å²) in [5, 5.41) is 3.74. The lowest BCUT2D eigenvalue weighted by molar-refractivity contribution is -0.108. The van der Waals surface area contributed by atoms with Crippen molar-refractivity contribution in [2.75, 3.05) is 0 Å². The fourth-order valence-corrected chi connectivity index (χ4v) is 3.22. The average molecular weight is 365 g/mol. The van der Waals surface area contributed by atoms with Gasteiger partial charge in [-0.15, -0.1) is 0 Å². The summed E-state index contributed by atoms with van der Waals surface area (Å²) in [6, 6.07) is 16.7. The lowest BCUT2D eigenvalue weighted by Crippen LogP contribution is -2.08. The van der Waals surface area contributed by atoms with Crippen LogP contribution in [0.3, 0.4) is 0 Å². The van der Waals surface area contributed by atoms with Gasteiger partial charge in [0.15, 0.2) is 0 Å². The Bertz CT molecular complexity index is 1140. The van der Waals surface area contributed by atoms with Crippen LogP contribution in [0.2, 0.25) is 0 Å². The Morgan fingerprint density at radius 3 is 2.46 bits per heavy atom. The number of carbonyl (C=O) groups is 2. The van der Waals surface area contributed by atoms with E-state index in [-0.39, 0.29) is 5.56 Å². The quantitative estimate of drug-likeness (QED) is 0.322. The van der Waals surface area contributed by atoms with Gasteiger partial charge in [-0.2, -0.15) is 0 Å². The van der Waals surface area contributed by atoms with Crippen LogP contribution < -0.4 is 0 Å². The monoisotopic (exact) mass is 364 g/mol. The van der Waals surface area contributed by atoms with Gasteiger partial charge in [0, 0.05) is 16.5 Å². The third kappa shape index (κ3) is 2.53. The third-order valence-electron chi connectivity index (χ3n) is 4.27. The van der Waals surface area contributed by atoms with Crippen LogP contribution in [0.15, 0.2) is 59.1 Å². The standard InChI is InChI=1S/C20H13ClN2O3/c1-11-15(17(23-26-11)12-7-3-2-4-8-12)18-16(19(24)20(21)25)13-9-5-6-10-14(13)22-18/h2-10,22H,1H3. The van der Waals surface area contributed by atoms with Crippen molar-refractivity contribution in [2.45, 2.75) is 6.92 Å². The van der Waals surface area contributed by atoms with Crippen LogP contribution in [0.1, 0.15) is 16.1 Å². The number of halogens is 1. The molecule has 2 aromatic heterocycles. The zero-order valence-corrected chi connectivity index (χ0v) is 14.5. The van der Waals surface area contributed by atoms with Crippen molar-refractivity contribution in [2.24, 2.45) is 0 Å². The molecule has 0 amide bonds. The van der Waals surface area contributed by atoms with Crippen LogP contribution in [0.25, 0.3) is 33.4 Å². The molecule has 0 unspecified atom stereocenters. The molecule has 0 aliphatic carbocycles. The highest BCUT2D eigenvalue weighted by molar-refractivity contribution is 6.83. The second kappa shape index (κ2) is 6.28. The molecule has 26 heavy (non-hydrogen) atoms. The molecule has 1 N–H and O–H groups in total. The summed E-state index contributed by atoms with van der Waals surface area (Å²) < 4.78 is 5.40. The van der Waals surface area contributed by atoms with Gasteiger partial charge < -0.3 is 9.51 Å². The second-order valence-electron chi connectivity index (χ2n) is 5.85. The summed E-state index contributed by atoms with van der Waals surface area (Å²) in [6.45, 7) is 1.76. The van der Waals surface area contributed by atoms with E-state index in [1.54, 1.807) is 19.1 Å². The summed E-state index contributed by atoms with van der Waals surface area (Å²) in [7, 11) is 0. The smallest absolute Gasteiger partial charge is 0.293 e. The molecule has 4 rings (SSSR count). The Labute approximate surface area is 153 Å². The Morgan fingerprint density at radius 2 is 1.73 bits per heavy atom.